The Morgan fingerprint density at radius 2 is 2.04 bits per heavy atom. The Balaban J connectivity index is 1.66. The number of piperidine rings is 1. The van der Waals surface area contributed by atoms with Crippen molar-refractivity contribution < 1.29 is 9.53 Å². The Hall–Kier alpha value is -2.08. The van der Waals surface area contributed by atoms with Crippen molar-refractivity contribution in [3.63, 3.8) is 0 Å². The van der Waals surface area contributed by atoms with Crippen LogP contribution in [0.1, 0.15) is 38.5 Å². The minimum absolute atomic E-state index is 0.0486. The van der Waals surface area contributed by atoms with Gasteiger partial charge >= 0.3 is 0 Å². The number of rotatable bonds is 3. The molecule has 140 valence electrons. The monoisotopic (exact) mass is 356 g/mol. The number of hydrogen-bond acceptors (Lipinski definition) is 4. The van der Waals surface area contributed by atoms with Gasteiger partial charge < -0.3 is 20.3 Å². The molecular weight excluding hydrogens is 328 g/mol. The first-order chi connectivity index (χ1) is 12.7. The van der Waals surface area contributed by atoms with E-state index in [1.165, 1.54) is 12.8 Å². The number of carbonyl (C=O) groups excluding carboxylic acids is 1. The van der Waals surface area contributed by atoms with Crippen LogP contribution in [0, 0.1) is 0 Å². The van der Waals surface area contributed by atoms with E-state index in [2.05, 4.69) is 22.8 Å². The minimum atomic E-state index is -0.335. The number of ether oxygens (including phenoxy) is 1. The molecule has 0 radical (unpaired) electrons. The largest absolute Gasteiger partial charge is 0.375 e. The molecule has 4 rings (SSSR count). The molecule has 26 heavy (non-hydrogen) atoms. The van der Waals surface area contributed by atoms with Gasteiger partial charge in [-0.05, 0) is 37.8 Å². The highest BCUT2D eigenvalue weighted by atomic mass is 16.5. The van der Waals surface area contributed by atoms with Gasteiger partial charge in [-0.15, -0.1) is 0 Å². The van der Waals surface area contributed by atoms with Crippen molar-refractivity contribution in [2.24, 2.45) is 4.99 Å². The summed E-state index contributed by atoms with van der Waals surface area (Å²) in [4.78, 5) is 19.5. The lowest BCUT2D eigenvalue weighted by molar-refractivity contribution is -0.136. The number of fused-ring (bicyclic) bond motifs is 1. The first kappa shape index (κ1) is 17.3. The van der Waals surface area contributed by atoms with Crippen LogP contribution < -0.4 is 10.6 Å². The van der Waals surface area contributed by atoms with Crippen molar-refractivity contribution in [3.05, 3.63) is 24.3 Å². The molecule has 0 bridgehead atoms. The highest BCUT2D eigenvalue weighted by Crippen LogP contribution is 2.37. The number of likely N-dealkylation sites (tertiary alicyclic amines) is 1. The number of benzene rings is 1. The number of carbonyl (C=O) groups is 1. The van der Waals surface area contributed by atoms with Gasteiger partial charge in [-0.3, -0.25) is 9.79 Å². The van der Waals surface area contributed by atoms with Crippen LogP contribution in [0.25, 0.3) is 0 Å². The molecule has 1 aliphatic carbocycles. The fourth-order valence-electron chi connectivity index (χ4n) is 4.42. The lowest BCUT2D eigenvalue weighted by Crippen LogP contribution is -2.63. The third-order valence-electron chi connectivity index (χ3n) is 5.76. The Morgan fingerprint density at radius 1 is 1.27 bits per heavy atom. The highest BCUT2D eigenvalue weighted by molar-refractivity contribution is 6.10. The molecule has 1 saturated heterocycles. The van der Waals surface area contributed by atoms with E-state index in [1.807, 2.05) is 17.0 Å². The second kappa shape index (κ2) is 7.27. The van der Waals surface area contributed by atoms with Crippen LogP contribution in [0.15, 0.2) is 29.3 Å². The van der Waals surface area contributed by atoms with Crippen molar-refractivity contribution in [3.8, 4) is 0 Å². The molecule has 1 unspecified atom stereocenters. The van der Waals surface area contributed by atoms with Crippen molar-refractivity contribution in [1.82, 2.24) is 4.90 Å². The van der Waals surface area contributed by atoms with E-state index >= 15 is 0 Å². The molecule has 1 spiro atoms. The maximum absolute atomic E-state index is 12.4. The summed E-state index contributed by atoms with van der Waals surface area (Å²) in [6.45, 7) is 1.54. The van der Waals surface area contributed by atoms with Crippen molar-refractivity contribution >= 4 is 23.1 Å². The first-order valence-corrected chi connectivity index (χ1v) is 9.69. The molecule has 1 amide bonds. The molecule has 1 aromatic rings. The second-order valence-electron chi connectivity index (χ2n) is 7.65. The predicted octanol–water partition coefficient (Wildman–Crippen LogP) is 2.87. The Kier molecular flexibility index (Phi) is 4.85. The van der Waals surface area contributed by atoms with Crippen LogP contribution in [-0.2, 0) is 9.53 Å². The standard InChI is InChI=1S/C20H28N4O2/c1-26-13-18(25)24-12-6-11-20(14-24)19(21-15-7-2-3-8-15)22-16-9-4-5-10-17(16)23-20/h4-5,9-10,15,23H,2-3,6-8,11-14H2,1H3,(H,21,22). The maximum Gasteiger partial charge on any atom is 0.248 e. The molecule has 1 atom stereocenters. The van der Waals surface area contributed by atoms with Crippen molar-refractivity contribution in [2.75, 3.05) is 37.4 Å². The summed E-state index contributed by atoms with van der Waals surface area (Å²) in [6.07, 6.45) is 6.77. The summed E-state index contributed by atoms with van der Waals surface area (Å²) in [5.74, 6) is 1.05. The zero-order valence-corrected chi connectivity index (χ0v) is 15.5. The Morgan fingerprint density at radius 3 is 2.81 bits per heavy atom. The van der Waals surface area contributed by atoms with E-state index in [1.54, 1.807) is 7.11 Å². The SMILES string of the molecule is COCC(=O)N1CCCC2(C1)Nc1ccccc1NC2=NC1CCCC1. The average molecular weight is 356 g/mol. The fraction of sp³-hybridized carbons (Fsp3) is 0.600. The molecular formula is C20H28N4O2. The van der Waals surface area contributed by atoms with Crippen LogP contribution >= 0.6 is 0 Å². The summed E-state index contributed by atoms with van der Waals surface area (Å²) in [6, 6.07) is 8.64. The molecule has 6 nitrogen and oxygen atoms in total. The lowest BCUT2D eigenvalue weighted by Gasteiger charge is -2.47. The highest BCUT2D eigenvalue weighted by Gasteiger charge is 2.44. The average Bonchev–Trinajstić information content (AvgIpc) is 3.16. The van der Waals surface area contributed by atoms with Gasteiger partial charge in [-0.1, -0.05) is 25.0 Å². The molecule has 0 aromatic heterocycles. The number of hydrogen-bond donors (Lipinski definition) is 2. The number of para-hydroxylation sites is 2. The summed E-state index contributed by atoms with van der Waals surface area (Å²) in [5, 5.41) is 7.33. The third kappa shape index (κ3) is 3.30. The zero-order chi connectivity index (χ0) is 18.0. The summed E-state index contributed by atoms with van der Waals surface area (Å²) >= 11 is 0. The number of nitrogens with zero attached hydrogens (tertiary/aromatic N) is 2. The molecule has 6 heteroatoms. The number of aliphatic imine (C=N–C) groups is 1. The van der Waals surface area contributed by atoms with Crippen LogP contribution in [0.3, 0.4) is 0 Å². The Labute approximate surface area is 155 Å². The number of nitrogens with one attached hydrogen (secondary N) is 2. The fourth-order valence-corrected chi connectivity index (χ4v) is 4.42. The van der Waals surface area contributed by atoms with E-state index in [4.69, 9.17) is 9.73 Å². The van der Waals surface area contributed by atoms with Crippen molar-refractivity contribution in [2.45, 2.75) is 50.1 Å². The summed E-state index contributed by atoms with van der Waals surface area (Å²) in [5.41, 5.74) is 1.81. The molecule has 2 heterocycles. The number of anilines is 2. The van der Waals surface area contributed by atoms with Gasteiger partial charge in [0, 0.05) is 13.7 Å². The number of amidine groups is 1. The Bertz CT molecular complexity index is 699. The molecule has 2 aliphatic heterocycles. The van der Waals surface area contributed by atoms with E-state index in [0.717, 1.165) is 49.4 Å². The van der Waals surface area contributed by atoms with E-state index < -0.39 is 0 Å². The molecule has 2 fully saturated rings. The lowest BCUT2D eigenvalue weighted by atomic mass is 9.85. The zero-order valence-electron chi connectivity index (χ0n) is 15.5. The van der Waals surface area contributed by atoms with E-state index in [0.29, 0.717) is 12.6 Å². The molecule has 1 saturated carbocycles. The summed E-state index contributed by atoms with van der Waals surface area (Å²) in [7, 11) is 1.57. The maximum atomic E-state index is 12.4. The normalized spacial score (nSPS) is 27.3. The van der Waals surface area contributed by atoms with Crippen molar-refractivity contribution in [1.29, 1.82) is 0 Å². The third-order valence-corrected chi connectivity index (χ3v) is 5.76. The number of amides is 1. The van der Waals surface area contributed by atoms with Crippen LogP contribution in [0.4, 0.5) is 11.4 Å². The summed E-state index contributed by atoms with van der Waals surface area (Å²) < 4.78 is 5.07. The van der Waals surface area contributed by atoms with Crippen LogP contribution in [-0.4, -0.2) is 55.0 Å². The molecule has 3 aliphatic rings. The molecule has 1 aromatic carbocycles. The van der Waals surface area contributed by atoms with Gasteiger partial charge in [0.15, 0.2) is 0 Å². The smallest absolute Gasteiger partial charge is 0.248 e. The quantitative estimate of drug-likeness (QED) is 0.874. The van der Waals surface area contributed by atoms with Gasteiger partial charge in [0.05, 0.1) is 24.0 Å². The van der Waals surface area contributed by atoms with Gasteiger partial charge in [0.1, 0.15) is 18.0 Å². The second-order valence-corrected chi connectivity index (χ2v) is 7.65. The van der Waals surface area contributed by atoms with Gasteiger partial charge in [-0.25, -0.2) is 0 Å². The molecule has 2 N–H and O–H groups in total. The van der Waals surface area contributed by atoms with Gasteiger partial charge in [-0.2, -0.15) is 0 Å². The van der Waals surface area contributed by atoms with Crippen LogP contribution in [0.5, 0.6) is 0 Å². The van der Waals surface area contributed by atoms with E-state index in [9.17, 15) is 4.79 Å². The van der Waals surface area contributed by atoms with E-state index in [-0.39, 0.29) is 18.1 Å². The minimum Gasteiger partial charge on any atom is -0.375 e. The number of methoxy groups -OCH3 is 1. The first-order valence-electron chi connectivity index (χ1n) is 9.69. The predicted molar refractivity (Wildman–Crippen MR) is 104 cm³/mol. The van der Waals surface area contributed by atoms with Gasteiger partial charge in [0.25, 0.3) is 0 Å². The van der Waals surface area contributed by atoms with Crippen LogP contribution in [0.2, 0.25) is 0 Å². The topological polar surface area (TPSA) is 66.0 Å². The van der Waals surface area contributed by atoms with Gasteiger partial charge in [0.2, 0.25) is 5.91 Å².